The Balaban J connectivity index is 2.34. The standard InChI is InChI=1S/C14H13F2NS/c1-9-3-2-4-11(7-9)18-13-6-5-10(17)8-12(13)14(15)16/h2-8,14H,17H2,1H3. The van der Waals surface area contributed by atoms with Gasteiger partial charge < -0.3 is 5.73 Å². The van der Waals surface area contributed by atoms with Crippen molar-refractivity contribution in [1.29, 1.82) is 0 Å². The molecule has 0 saturated heterocycles. The summed E-state index contributed by atoms with van der Waals surface area (Å²) in [4.78, 5) is 1.49. The van der Waals surface area contributed by atoms with Gasteiger partial charge in [-0.05, 0) is 37.3 Å². The SMILES string of the molecule is Cc1cccc(Sc2ccc(N)cc2C(F)F)c1. The summed E-state index contributed by atoms with van der Waals surface area (Å²) in [5.41, 5.74) is 6.99. The fourth-order valence-corrected chi connectivity index (χ4v) is 2.68. The van der Waals surface area contributed by atoms with Crippen molar-refractivity contribution < 1.29 is 8.78 Å². The molecule has 0 aliphatic rings. The molecule has 0 radical (unpaired) electrons. The molecule has 1 nitrogen and oxygen atoms in total. The number of halogens is 2. The molecule has 0 aliphatic carbocycles. The van der Waals surface area contributed by atoms with E-state index in [0.29, 0.717) is 10.6 Å². The van der Waals surface area contributed by atoms with Gasteiger partial charge in [0.1, 0.15) is 0 Å². The normalized spacial score (nSPS) is 10.9. The zero-order valence-electron chi connectivity index (χ0n) is 9.86. The smallest absolute Gasteiger partial charge is 0.265 e. The van der Waals surface area contributed by atoms with Crippen molar-refractivity contribution in [2.75, 3.05) is 5.73 Å². The third-order valence-corrected chi connectivity index (χ3v) is 3.57. The van der Waals surface area contributed by atoms with Crippen molar-refractivity contribution >= 4 is 17.4 Å². The predicted molar refractivity (Wildman–Crippen MR) is 71.1 cm³/mol. The average molecular weight is 265 g/mol. The van der Waals surface area contributed by atoms with E-state index in [0.717, 1.165) is 10.5 Å². The maximum Gasteiger partial charge on any atom is 0.265 e. The average Bonchev–Trinajstić information content (AvgIpc) is 2.31. The van der Waals surface area contributed by atoms with Crippen molar-refractivity contribution in [2.24, 2.45) is 0 Å². The van der Waals surface area contributed by atoms with Crippen molar-refractivity contribution in [1.82, 2.24) is 0 Å². The van der Waals surface area contributed by atoms with Crippen LogP contribution in [0.15, 0.2) is 52.3 Å². The molecular weight excluding hydrogens is 252 g/mol. The van der Waals surface area contributed by atoms with E-state index in [2.05, 4.69) is 0 Å². The van der Waals surface area contributed by atoms with Crippen LogP contribution in [0.3, 0.4) is 0 Å². The van der Waals surface area contributed by atoms with Gasteiger partial charge in [-0.2, -0.15) is 0 Å². The van der Waals surface area contributed by atoms with Gasteiger partial charge in [0.25, 0.3) is 6.43 Å². The van der Waals surface area contributed by atoms with Crippen LogP contribution in [0.25, 0.3) is 0 Å². The first kappa shape index (κ1) is 12.9. The molecule has 0 unspecified atom stereocenters. The number of benzene rings is 2. The van der Waals surface area contributed by atoms with Crippen LogP contribution in [-0.2, 0) is 0 Å². The number of nitrogen functional groups attached to an aromatic ring is 1. The van der Waals surface area contributed by atoms with Gasteiger partial charge in [-0.1, -0.05) is 29.5 Å². The second-order valence-corrected chi connectivity index (χ2v) is 5.13. The minimum Gasteiger partial charge on any atom is -0.399 e. The summed E-state index contributed by atoms with van der Waals surface area (Å²) in [5.74, 6) is 0. The number of hydrogen-bond acceptors (Lipinski definition) is 2. The first-order chi connectivity index (χ1) is 8.56. The fraction of sp³-hybridized carbons (Fsp3) is 0.143. The lowest BCUT2D eigenvalue weighted by molar-refractivity contribution is 0.148. The van der Waals surface area contributed by atoms with Crippen LogP contribution in [0.2, 0.25) is 0 Å². The van der Waals surface area contributed by atoms with Crippen LogP contribution < -0.4 is 5.73 Å². The molecule has 0 amide bonds. The van der Waals surface area contributed by atoms with E-state index in [-0.39, 0.29) is 5.56 Å². The third-order valence-electron chi connectivity index (χ3n) is 2.49. The monoisotopic (exact) mass is 265 g/mol. The second-order valence-electron chi connectivity index (χ2n) is 4.02. The van der Waals surface area contributed by atoms with Crippen LogP contribution in [0, 0.1) is 6.92 Å². The molecule has 0 spiro atoms. The first-order valence-corrected chi connectivity index (χ1v) is 6.30. The number of nitrogens with two attached hydrogens (primary N) is 1. The molecule has 0 bridgehead atoms. The van der Waals surface area contributed by atoms with E-state index in [1.807, 2.05) is 31.2 Å². The largest absolute Gasteiger partial charge is 0.399 e. The molecule has 0 heterocycles. The van der Waals surface area contributed by atoms with Gasteiger partial charge in [0.2, 0.25) is 0 Å². The topological polar surface area (TPSA) is 26.0 Å². The van der Waals surface area contributed by atoms with Crippen LogP contribution in [0.1, 0.15) is 17.6 Å². The Morgan fingerprint density at radius 3 is 2.56 bits per heavy atom. The lowest BCUT2D eigenvalue weighted by Crippen LogP contribution is -1.92. The maximum absolute atomic E-state index is 12.9. The van der Waals surface area contributed by atoms with E-state index >= 15 is 0 Å². The molecular formula is C14H13F2NS. The molecule has 2 N–H and O–H groups in total. The van der Waals surface area contributed by atoms with E-state index in [1.54, 1.807) is 12.1 Å². The van der Waals surface area contributed by atoms with Crippen LogP contribution in [0.5, 0.6) is 0 Å². The molecule has 94 valence electrons. The number of rotatable bonds is 3. The van der Waals surface area contributed by atoms with Gasteiger partial charge in [0.05, 0.1) is 0 Å². The van der Waals surface area contributed by atoms with Crippen molar-refractivity contribution in [3.8, 4) is 0 Å². The predicted octanol–water partition coefficient (Wildman–Crippen LogP) is 4.67. The van der Waals surface area contributed by atoms with E-state index < -0.39 is 6.43 Å². The number of anilines is 1. The van der Waals surface area contributed by atoms with Gasteiger partial charge in [0, 0.05) is 21.0 Å². The Morgan fingerprint density at radius 1 is 1.11 bits per heavy atom. The highest BCUT2D eigenvalue weighted by Gasteiger charge is 2.14. The van der Waals surface area contributed by atoms with Crippen LogP contribution >= 0.6 is 11.8 Å². The van der Waals surface area contributed by atoms with E-state index in [1.165, 1.54) is 17.8 Å². The quantitative estimate of drug-likeness (QED) is 0.816. The van der Waals surface area contributed by atoms with Crippen molar-refractivity contribution in [2.45, 2.75) is 23.1 Å². The molecule has 2 aromatic rings. The summed E-state index contributed by atoms with van der Waals surface area (Å²) < 4.78 is 25.8. The molecule has 0 atom stereocenters. The highest BCUT2D eigenvalue weighted by Crippen LogP contribution is 2.36. The molecule has 4 heteroatoms. The zero-order chi connectivity index (χ0) is 13.1. The summed E-state index contributed by atoms with van der Waals surface area (Å²) in [7, 11) is 0. The lowest BCUT2D eigenvalue weighted by atomic mass is 10.2. The first-order valence-electron chi connectivity index (χ1n) is 5.48. The highest BCUT2D eigenvalue weighted by atomic mass is 32.2. The third kappa shape index (κ3) is 3.01. The van der Waals surface area contributed by atoms with Gasteiger partial charge in [0.15, 0.2) is 0 Å². The lowest BCUT2D eigenvalue weighted by Gasteiger charge is -2.09. The minimum atomic E-state index is -2.51. The van der Waals surface area contributed by atoms with E-state index in [9.17, 15) is 8.78 Å². The van der Waals surface area contributed by atoms with E-state index in [4.69, 9.17) is 5.73 Å². The summed E-state index contributed by atoms with van der Waals surface area (Å²) in [6.07, 6.45) is -2.51. The Hall–Kier alpha value is -1.55. The zero-order valence-corrected chi connectivity index (χ0v) is 10.7. The summed E-state index contributed by atoms with van der Waals surface area (Å²) in [6.45, 7) is 1.97. The van der Waals surface area contributed by atoms with Crippen molar-refractivity contribution in [3.05, 3.63) is 53.6 Å². The number of alkyl halides is 2. The minimum absolute atomic E-state index is 0.0125. The van der Waals surface area contributed by atoms with Gasteiger partial charge in [-0.3, -0.25) is 0 Å². The Labute approximate surface area is 109 Å². The van der Waals surface area contributed by atoms with Crippen molar-refractivity contribution in [3.63, 3.8) is 0 Å². The Kier molecular flexibility index (Phi) is 3.87. The molecule has 0 aromatic heterocycles. The fourth-order valence-electron chi connectivity index (χ4n) is 1.64. The molecule has 2 aromatic carbocycles. The molecule has 0 aliphatic heterocycles. The van der Waals surface area contributed by atoms with Gasteiger partial charge >= 0.3 is 0 Å². The molecule has 0 saturated carbocycles. The summed E-state index contributed by atoms with van der Waals surface area (Å²) in [6, 6.07) is 12.4. The van der Waals surface area contributed by atoms with Gasteiger partial charge in [-0.25, -0.2) is 8.78 Å². The van der Waals surface area contributed by atoms with Gasteiger partial charge in [-0.15, -0.1) is 0 Å². The van der Waals surface area contributed by atoms with Crippen LogP contribution in [0.4, 0.5) is 14.5 Å². The Morgan fingerprint density at radius 2 is 1.89 bits per heavy atom. The molecule has 18 heavy (non-hydrogen) atoms. The summed E-state index contributed by atoms with van der Waals surface area (Å²) in [5, 5.41) is 0. The summed E-state index contributed by atoms with van der Waals surface area (Å²) >= 11 is 1.33. The Bertz CT molecular complexity index is 555. The molecule has 0 fully saturated rings. The highest BCUT2D eigenvalue weighted by molar-refractivity contribution is 7.99. The number of hydrogen-bond donors (Lipinski definition) is 1. The number of aryl methyl sites for hydroxylation is 1. The maximum atomic E-state index is 12.9. The molecule has 2 rings (SSSR count). The van der Waals surface area contributed by atoms with Crippen LogP contribution in [-0.4, -0.2) is 0 Å². The second kappa shape index (κ2) is 5.40.